The van der Waals surface area contributed by atoms with Gasteiger partial charge in [-0.1, -0.05) is 0 Å². The van der Waals surface area contributed by atoms with Crippen molar-refractivity contribution in [2.75, 3.05) is 0 Å². The van der Waals surface area contributed by atoms with E-state index in [4.69, 9.17) is 5.73 Å². The van der Waals surface area contributed by atoms with Gasteiger partial charge in [0.2, 0.25) is 0 Å². The predicted octanol–water partition coefficient (Wildman–Crippen LogP) is 1.32. The Labute approximate surface area is 95.8 Å². The van der Waals surface area contributed by atoms with E-state index in [9.17, 15) is 18.0 Å². The Hall–Kier alpha value is -1.56. The molecule has 3 N–H and O–H groups in total. The van der Waals surface area contributed by atoms with Crippen molar-refractivity contribution in [1.29, 1.82) is 0 Å². The summed E-state index contributed by atoms with van der Waals surface area (Å²) in [6.45, 7) is 0. The summed E-state index contributed by atoms with van der Waals surface area (Å²) in [6.07, 6.45) is 1.22. The fourth-order valence-corrected chi connectivity index (χ4v) is 1.74. The second kappa shape index (κ2) is 4.37. The standard InChI is InChI=1S/C11H11F3N2O/c12-8-2-1-7(9(13)10(8)14)11(17)16-6-3-5(15)4-6/h1-2,5-6H,3-4,15H2,(H,16,17). The van der Waals surface area contributed by atoms with Gasteiger partial charge in [-0.15, -0.1) is 0 Å². The van der Waals surface area contributed by atoms with Crippen LogP contribution in [0, 0.1) is 17.5 Å². The monoisotopic (exact) mass is 244 g/mol. The van der Waals surface area contributed by atoms with E-state index in [0.29, 0.717) is 12.8 Å². The van der Waals surface area contributed by atoms with Crippen LogP contribution in [0.2, 0.25) is 0 Å². The largest absolute Gasteiger partial charge is 0.349 e. The van der Waals surface area contributed by atoms with Crippen molar-refractivity contribution in [1.82, 2.24) is 5.32 Å². The number of amides is 1. The van der Waals surface area contributed by atoms with Gasteiger partial charge in [0.15, 0.2) is 17.5 Å². The van der Waals surface area contributed by atoms with E-state index < -0.39 is 28.9 Å². The van der Waals surface area contributed by atoms with E-state index in [-0.39, 0.29) is 12.1 Å². The second-order valence-electron chi connectivity index (χ2n) is 4.12. The van der Waals surface area contributed by atoms with Gasteiger partial charge < -0.3 is 11.1 Å². The molecule has 1 aliphatic carbocycles. The first kappa shape index (κ1) is 11.9. The third-order valence-electron chi connectivity index (χ3n) is 2.79. The van der Waals surface area contributed by atoms with Crippen LogP contribution in [-0.4, -0.2) is 18.0 Å². The Morgan fingerprint density at radius 2 is 1.88 bits per heavy atom. The fourth-order valence-electron chi connectivity index (χ4n) is 1.74. The van der Waals surface area contributed by atoms with Gasteiger partial charge in [0.25, 0.3) is 5.91 Å². The maximum Gasteiger partial charge on any atom is 0.254 e. The first-order valence-electron chi connectivity index (χ1n) is 5.19. The molecule has 17 heavy (non-hydrogen) atoms. The van der Waals surface area contributed by atoms with Gasteiger partial charge in [-0.25, -0.2) is 13.2 Å². The lowest BCUT2D eigenvalue weighted by Crippen LogP contribution is -2.50. The van der Waals surface area contributed by atoms with Crippen molar-refractivity contribution in [3.05, 3.63) is 35.1 Å². The smallest absolute Gasteiger partial charge is 0.254 e. The molecule has 0 unspecified atom stereocenters. The molecule has 0 saturated heterocycles. The highest BCUT2D eigenvalue weighted by Crippen LogP contribution is 2.19. The Balaban J connectivity index is 2.12. The van der Waals surface area contributed by atoms with Crippen molar-refractivity contribution in [3.8, 4) is 0 Å². The molecule has 1 aliphatic rings. The molecule has 1 aromatic carbocycles. The first-order valence-corrected chi connectivity index (χ1v) is 5.19. The molecule has 1 saturated carbocycles. The molecule has 0 spiro atoms. The molecule has 0 aliphatic heterocycles. The van der Waals surface area contributed by atoms with Crippen molar-refractivity contribution < 1.29 is 18.0 Å². The average molecular weight is 244 g/mol. The Kier molecular flexibility index (Phi) is 3.06. The zero-order chi connectivity index (χ0) is 12.6. The summed E-state index contributed by atoms with van der Waals surface area (Å²) < 4.78 is 38.8. The number of nitrogens with two attached hydrogens (primary N) is 1. The molecular weight excluding hydrogens is 233 g/mol. The number of hydrogen-bond donors (Lipinski definition) is 2. The van der Waals surface area contributed by atoms with Crippen LogP contribution in [0.4, 0.5) is 13.2 Å². The van der Waals surface area contributed by atoms with Gasteiger partial charge in [0.05, 0.1) is 5.56 Å². The van der Waals surface area contributed by atoms with E-state index in [1.54, 1.807) is 0 Å². The van der Waals surface area contributed by atoms with Crippen LogP contribution in [0.5, 0.6) is 0 Å². The van der Waals surface area contributed by atoms with Gasteiger partial charge >= 0.3 is 0 Å². The Morgan fingerprint density at radius 1 is 1.24 bits per heavy atom. The number of carbonyl (C=O) groups is 1. The molecule has 0 radical (unpaired) electrons. The number of hydrogen-bond acceptors (Lipinski definition) is 2. The lowest BCUT2D eigenvalue weighted by atomic mass is 9.87. The van der Waals surface area contributed by atoms with Crippen molar-refractivity contribution >= 4 is 5.91 Å². The molecule has 3 nitrogen and oxygen atoms in total. The van der Waals surface area contributed by atoms with Crippen LogP contribution in [0.25, 0.3) is 0 Å². The average Bonchev–Trinajstić information content (AvgIpc) is 2.24. The maximum absolute atomic E-state index is 13.3. The van der Waals surface area contributed by atoms with Gasteiger partial charge in [-0.2, -0.15) is 0 Å². The van der Waals surface area contributed by atoms with Crippen molar-refractivity contribution in [2.45, 2.75) is 24.9 Å². The summed E-state index contributed by atoms with van der Waals surface area (Å²) >= 11 is 0. The molecule has 0 atom stereocenters. The summed E-state index contributed by atoms with van der Waals surface area (Å²) in [7, 11) is 0. The Bertz CT molecular complexity index is 458. The number of benzene rings is 1. The maximum atomic E-state index is 13.3. The highest BCUT2D eigenvalue weighted by atomic mass is 19.2. The fraction of sp³-hybridized carbons (Fsp3) is 0.364. The summed E-state index contributed by atoms with van der Waals surface area (Å²) in [5.41, 5.74) is 5.03. The normalized spacial score (nSPS) is 23.1. The van der Waals surface area contributed by atoms with Gasteiger partial charge in [-0.3, -0.25) is 4.79 Å². The molecule has 2 rings (SSSR count). The molecule has 0 bridgehead atoms. The minimum Gasteiger partial charge on any atom is -0.349 e. The zero-order valence-corrected chi connectivity index (χ0v) is 8.84. The third-order valence-corrected chi connectivity index (χ3v) is 2.79. The summed E-state index contributed by atoms with van der Waals surface area (Å²) in [4.78, 5) is 11.6. The van der Waals surface area contributed by atoms with Crippen LogP contribution >= 0.6 is 0 Å². The van der Waals surface area contributed by atoms with Crippen LogP contribution in [-0.2, 0) is 0 Å². The van der Waals surface area contributed by atoms with E-state index in [1.807, 2.05) is 0 Å². The van der Waals surface area contributed by atoms with Crippen LogP contribution < -0.4 is 11.1 Å². The molecule has 1 aromatic rings. The highest BCUT2D eigenvalue weighted by Gasteiger charge is 2.28. The van der Waals surface area contributed by atoms with Gasteiger partial charge in [0.1, 0.15) is 0 Å². The molecule has 92 valence electrons. The van der Waals surface area contributed by atoms with Crippen LogP contribution in [0.3, 0.4) is 0 Å². The van der Waals surface area contributed by atoms with E-state index in [2.05, 4.69) is 5.32 Å². The van der Waals surface area contributed by atoms with Crippen LogP contribution in [0.1, 0.15) is 23.2 Å². The molecule has 1 amide bonds. The lowest BCUT2D eigenvalue weighted by Gasteiger charge is -2.32. The predicted molar refractivity (Wildman–Crippen MR) is 54.8 cm³/mol. The van der Waals surface area contributed by atoms with Crippen molar-refractivity contribution in [2.24, 2.45) is 5.73 Å². The van der Waals surface area contributed by atoms with E-state index in [1.165, 1.54) is 0 Å². The first-order chi connectivity index (χ1) is 7.99. The minimum absolute atomic E-state index is 0.0371. The quantitative estimate of drug-likeness (QED) is 0.771. The Morgan fingerprint density at radius 3 is 2.47 bits per heavy atom. The molecule has 6 heteroatoms. The summed E-state index contributed by atoms with van der Waals surface area (Å²) in [6, 6.07) is 1.56. The number of carbonyl (C=O) groups excluding carboxylic acids is 1. The number of halogens is 3. The second-order valence-corrected chi connectivity index (χ2v) is 4.12. The third kappa shape index (κ3) is 2.26. The highest BCUT2D eigenvalue weighted by molar-refractivity contribution is 5.94. The lowest BCUT2D eigenvalue weighted by molar-refractivity contribution is 0.0905. The summed E-state index contributed by atoms with van der Waals surface area (Å²) in [5.74, 6) is -5.17. The molecule has 0 aromatic heterocycles. The van der Waals surface area contributed by atoms with E-state index in [0.717, 1.165) is 12.1 Å². The SMILES string of the molecule is NC1CC(NC(=O)c2ccc(F)c(F)c2F)C1. The van der Waals surface area contributed by atoms with Gasteiger partial charge in [0, 0.05) is 12.1 Å². The zero-order valence-electron chi connectivity index (χ0n) is 8.84. The number of nitrogens with one attached hydrogen (secondary N) is 1. The topological polar surface area (TPSA) is 55.1 Å². The molecule has 0 heterocycles. The molecule has 1 fully saturated rings. The number of rotatable bonds is 2. The summed E-state index contributed by atoms with van der Waals surface area (Å²) in [5, 5.41) is 2.50. The van der Waals surface area contributed by atoms with Gasteiger partial charge in [-0.05, 0) is 25.0 Å². The molecular formula is C11H11F3N2O. The van der Waals surface area contributed by atoms with E-state index >= 15 is 0 Å². The minimum atomic E-state index is -1.64. The van der Waals surface area contributed by atoms with Crippen LogP contribution in [0.15, 0.2) is 12.1 Å². The van der Waals surface area contributed by atoms with Crippen molar-refractivity contribution in [3.63, 3.8) is 0 Å².